The number of para-hydroxylation sites is 2. The first-order chi connectivity index (χ1) is 14.1. The highest BCUT2D eigenvalue weighted by molar-refractivity contribution is 6.05. The molecule has 7 heteroatoms. The topological polar surface area (TPSA) is 76.5 Å². The highest BCUT2D eigenvalue weighted by atomic mass is 16.5. The third kappa shape index (κ3) is 4.44. The fourth-order valence-corrected chi connectivity index (χ4v) is 3.81. The van der Waals surface area contributed by atoms with E-state index in [4.69, 9.17) is 4.74 Å². The van der Waals surface area contributed by atoms with Gasteiger partial charge in [-0.2, -0.15) is 0 Å². The van der Waals surface area contributed by atoms with Crippen LogP contribution < -0.4 is 10.1 Å². The molecule has 0 saturated carbocycles. The summed E-state index contributed by atoms with van der Waals surface area (Å²) in [6.07, 6.45) is 4.50. The number of hydrogen-bond acceptors (Lipinski definition) is 4. The summed E-state index contributed by atoms with van der Waals surface area (Å²) in [5.74, 6) is 0.569. The maximum Gasteiger partial charge on any atom is 0.289 e. The van der Waals surface area contributed by atoms with Gasteiger partial charge < -0.3 is 19.5 Å². The Morgan fingerprint density at radius 1 is 1.17 bits per heavy atom. The molecule has 0 fully saturated rings. The van der Waals surface area contributed by atoms with Crippen molar-refractivity contribution in [2.24, 2.45) is 0 Å². The molecule has 0 radical (unpaired) electrons. The van der Waals surface area contributed by atoms with Crippen LogP contribution in [0.4, 0.5) is 5.69 Å². The molecule has 1 aromatic carbocycles. The normalized spacial score (nSPS) is 12.9. The van der Waals surface area contributed by atoms with E-state index < -0.39 is 0 Å². The van der Waals surface area contributed by atoms with Crippen LogP contribution >= 0.6 is 0 Å². The Bertz CT molecular complexity index is 869. The Morgan fingerprint density at radius 3 is 2.59 bits per heavy atom. The number of imidazole rings is 1. The van der Waals surface area contributed by atoms with E-state index in [0.717, 1.165) is 44.3 Å². The van der Waals surface area contributed by atoms with E-state index in [0.29, 0.717) is 36.0 Å². The molecule has 3 rings (SSSR count). The zero-order valence-corrected chi connectivity index (χ0v) is 17.5. The van der Waals surface area contributed by atoms with Crippen LogP contribution in [-0.2, 0) is 13.0 Å². The van der Waals surface area contributed by atoms with Crippen molar-refractivity contribution in [2.75, 3.05) is 25.5 Å². The van der Waals surface area contributed by atoms with Crippen molar-refractivity contribution >= 4 is 17.5 Å². The molecular formula is C22H30N4O3. The van der Waals surface area contributed by atoms with Gasteiger partial charge in [-0.05, 0) is 44.2 Å². The predicted molar refractivity (Wildman–Crippen MR) is 113 cm³/mol. The molecule has 156 valence electrons. The van der Waals surface area contributed by atoms with E-state index in [1.807, 2.05) is 21.6 Å². The second-order valence-electron chi connectivity index (χ2n) is 7.29. The largest absolute Gasteiger partial charge is 0.495 e. The first-order valence-electron chi connectivity index (χ1n) is 10.4. The highest BCUT2D eigenvalue weighted by Gasteiger charge is 2.29. The van der Waals surface area contributed by atoms with E-state index in [1.54, 1.807) is 19.2 Å². The maximum absolute atomic E-state index is 13.2. The summed E-state index contributed by atoms with van der Waals surface area (Å²) in [5.41, 5.74) is 1.77. The molecule has 2 heterocycles. The number of fused-ring (bicyclic) bond motifs is 1. The quantitative estimate of drug-likeness (QED) is 0.735. The number of carbonyl (C=O) groups is 2. The fourth-order valence-electron chi connectivity index (χ4n) is 3.81. The van der Waals surface area contributed by atoms with Gasteiger partial charge >= 0.3 is 0 Å². The zero-order chi connectivity index (χ0) is 20.8. The van der Waals surface area contributed by atoms with Crippen LogP contribution in [0.3, 0.4) is 0 Å². The second-order valence-corrected chi connectivity index (χ2v) is 7.29. The molecule has 0 saturated heterocycles. The molecule has 7 nitrogen and oxygen atoms in total. The molecule has 0 spiro atoms. The van der Waals surface area contributed by atoms with Gasteiger partial charge in [0.1, 0.15) is 5.75 Å². The second kappa shape index (κ2) is 9.58. The zero-order valence-electron chi connectivity index (χ0n) is 17.5. The van der Waals surface area contributed by atoms with Gasteiger partial charge in [0, 0.05) is 19.6 Å². The van der Waals surface area contributed by atoms with E-state index in [9.17, 15) is 9.59 Å². The third-order valence-electron chi connectivity index (χ3n) is 5.15. The molecule has 2 aromatic rings. The molecule has 0 unspecified atom stereocenters. The number of ether oxygens (including phenoxy) is 1. The van der Waals surface area contributed by atoms with Crippen molar-refractivity contribution in [3.8, 4) is 5.75 Å². The Kier molecular flexibility index (Phi) is 6.90. The smallest absolute Gasteiger partial charge is 0.289 e. The Labute approximate surface area is 172 Å². The number of benzene rings is 1. The number of nitrogens with one attached hydrogen (secondary N) is 1. The number of carbonyl (C=O) groups excluding carboxylic acids is 2. The Balaban J connectivity index is 1.93. The summed E-state index contributed by atoms with van der Waals surface area (Å²) in [5, 5.41) is 2.89. The summed E-state index contributed by atoms with van der Waals surface area (Å²) >= 11 is 0. The highest BCUT2D eigenvalue weighted by Crippen LogP contribution is 2.26. The van der Waals surface area contributed by atoms with Crippen molar-refractivity contribution in [1.29, 1.82) is 0 Å². The van der Waals surface area contributed by atoms with Crippen molar-refractivity contribution in [2.45, 2.75) is 52.5 Å². The Morgan fingerprint density at radius 2 is 1.90 bits per heavy atom. The lowest BCUT2D eigenvalue weighted by Crippen LogP contribution is -2.35. The first-order valence-corrected chi connectivity index (χ1v) is 10.4. The van der Waals surface area contributed by atoms with E-state index in [1.165, 1.54) is 0 Å². The molecule has 1 N–H and O–H groups in total. The third-order valence-corrected chi connectivity index (χ3v) is 5.15. The number of methoxy groups -OCH3 is 1. The lowest BCUT2D eigenvalue weighted by molar-refractivity contribution is 0.0737. The van der Waals surface area contributed by atoms with Crippen LogP contribution in [0.25, 0.3) is 0 Å². The van der Waals surface area contributed by atoms with Crippen LogP contribution in [-0.4, -0.2) is 46.5 Å². The van der Waals surface area contributed by atoms with Crippen molar-refractivity contribution in [3.05, 3.63) is 41.5 Å². The number of nitrogens with zero attached hydrogens (tertiary/aromatic N) is 3. The first kappa shape index (κ1) is 20.9. The van der Waals surface area contributed by atoms with Gasteiger partial charge in [-0.3, -0.25) is 9.59 Å². The lowest BCUT2D eigenvalue weighted by atomic mass is 10.1. The molecule has 1 aromatic heterocycles. The number of amides is 2. The van der Waals surface area contributed by atoms with Gasteiger partial charge in [-0.15, -0.1) is 0 Å². The van der Waals surface area contributed by atoms with Crippen LogP contribution in [0.2, 0.25) is 0 Å². The SMILES string of the molecule is CCCN(CCC)C(=O)c1nc(C(=O)Nc2ccccc2OC)c2n1CCCC2. The summed E-state index contributed by atoms with van der Waals surface area (Å²) in [6, 6.07) is 7.26. The lowest BCUT2D eigenvalue weighted by Gasteiger charge is -2.23. The van der Waals surface area contributed by atoms with E-state index in [-0.39, 0.29) is 11.8 Å². The minimum atomic E-state index is -0.309. The van der Waals surface area contributed by atoms with Crippen molar-refractivity contribution in [1.82, 2.24) is 14.5 Å². The Hall–Kier alpha value is -2.83. The van der Waals surface area contributed by atoms with Gasteiger partial charge in [-0.1, -0.05) is 26.0 Å². The average molecular weight is 399 g/mol. The minimum absolute atomic E-state index is 0.0896. The summed E-state index contributed by atoms with van der Waals surface area (Å²) in [6.45, 7) is 6.22. The predicted octanol–water partition coefficient (Wildman–Crippen LogP) is 3.74. The summed E-state index contributed by atoms with van der Waals surface area (Å²) < 4.78 is 7.27. The standard InChI is InChI=1S/C22H30N4O3/c1-4-13-25(14-5-2)22(28)20-24-19(17-11-8-9-15-26(17)20)21(27)23-16-10-6-7-12-18(16)29-3/h6-7,10,12H,4-5,8-9,11,13-15H2,1-3H3,(H,23,27). The summed E-state index contributed by atoms with van der Waals surface area (Å²) in [7, 11) is 1.57. The van der Waals surface area contributed by atoms with Crippen LogP contribution in [0.1, 0.15) is 66.3 Å². The number of hydrogen-bond donors (Lipinski definition) is 1. The monoisotopic (exact) mass is 398 g/mol. The number of rotatable bonds is 8. The molecule has 1 aliphatic heterocycles. The van der Waals surface area contributed by atoms with Gasteiger partial charge in [0.05, 0.1) is 18.5 Å². The molecule has 0 atom stereocenters. The maximum atomic E-state index is 13.2. The van der Waals surface area contributed by atoms with Gasteiger partial charge in [0.2, 0.25) is 0 Å². The van der Waals surface area contributed by atoms with Gasteiger partial charge in [-0.25, -0.2) is 4.98 Å². The van der Waals surface area contributed by atoms with Gasteiger partial charge in [0.25, 0.3) is 11.8 Å². The molecule has 29 heavy (non-hydrogen) atoms. The van der Waals surface area contributed by atoms with Gasteiger partial charge in [0.15, 0.2) is 11.5 Å². The molecule has 1 aliphatic rings. The van der Waals surface area contributed by atoms with E-state index >= 15 is 0 Å². The average Bonchev–Trinajstić information content (AvgIpc) is 3.13. The summed E-state index contributed by atoms with van der Waals surface area (Å²) in [4.78, 5) is 32.6. The molecular weight excluding hydrogens is 368 g/mol. The van der Waals surface area contributed by atoms with Crippen LogP contribution in [0.5, 0.6) is 5.75 Å². The molecule has 0 aliphatic carbocycles. The number of anilines is 1. The number of aromatic nitrogens is 2. The van der Waals surface area contributed by atoms with Crippen LogP contribution in [0.15, 0.2) is 24.3 Å². The van der Waals surface area contributed by atoms with Crippen molar-refractivity contribution < 1.29 is 14.3 Å². The molecule has 2 amide bonds. The minimum Gasteiger partial charge on any atom is -0.495 e. The van der Waals surface area contributed by atoms with E-state index in [2.05, 4.69) is 24.1 Å². The van der Waals surface area contributed by atoms with Crippen LogP contribution in [0, 0.1) is 0 Å². The van der Waals surface area contributed by atoms with Crippen molar-refractivity contribution in [3.63, 3.8) is 0 Å². The fraction of sp³-hybridized carbons (Fsp3) is 0.500. The molecule has 0 bridgehead atoms.